The highest BCUT2D eigenvalue weighted by molar-refractivity contribution is 7.89. The van der Waals surface area contributed by atoms with Gasteiger partial charge in [0.05, 0.1) is 4.90 Å². The van der Waals surface area contributed by atoms with Crippen molar-refractivity contribution in [3.8, 4) is 0 Å². The molecular weight excluding hydrogens is 284 g/mol. The first-order valence-electron chi connectivity index (χ1n) is 6.74. The molecule has 0 unspecified atom stereocenters. The fourth-order valence-corrected chi connectivity index (χ4v) is 3.34. The molecule has 2 aromatic rings. The maximum Gasteiger partial charge on any atom is 0.243 e. The van der Waals surface area contributed by atoms with Crippen molar-refractivity contribution in [1.82, 2.24) is 4.31 Å². The van der Waals surface area contributed by atoms with Crippen LogP contribution in [0.5, 0.6) is 0 Å². The second kappa shape index (κ2) is 6.39. The summed E-state index contributed by atoms with van der Waals surface area (Å²) in [5.41, 5.74) is 8.45. The lowest BCUT2D eigenvalue weighted by Gasteiger charge is -2.17. The summed E-state index contributed by atoms with van der Waals surface area (Å²) in [6.45, 7) is 2.70. The van der Waals surface area contributed by atoms with Crippen molar-refractivity contribution < 1.29 is 8.42 Å². The molecule has 0 aliphatic carbocycles. The van der Waals surface area contributed by atoms with Gasteiger partial charge in [0.15, 0.2) is 0 Å². The Morgan fingerprint density at radius 2 is 1.67 bits per heavy atom. The maximum absolute atomic E-state index is 12.5. The molecular formula is C16H20N2O2S. The van der Waals surface area contributed by atoms with Crippen molar-refractivity contribution in [1.29, 1.82) is 0 Å². The monoisotopic (exact) mass is 304 g/mol. The first kappa shape index (κ1) is 15.7. The molecule has 2 N–H and O–H groups in total. The van der Waals surface area contributed by atoms with Crippen LogP contribution in [0.15, 0.2) is 53.4 Å². The van der Waals surface area contributed by atoms with Gasteiger partial charge < -0.3 is 5.73 Å². The minimum atomic E-state index is -3.47. The van der Waals surface area contributed by atoms with Gasteiger partial charge in [-0.25, -0.2) is 8.42 Å². The van der Waals surface area contributed by atoms with E-state index < -0.39 is 10.0 Å². The molecule has 5 heteroatoms. The number of hydrogen-bond acceptors (Lipinski definition) is 3. The van der Waals surface area contributed by atoms with Crippen LogP contribution in [0, 0.1) is 6.92 Å². The van der Waals surface area contributed by atoms with Crippen molar-refractivity contribution in [3.05, 3.63) is 65.2 Å². The van der Waals surface area contributed by atoms with Gasteiger partial charge in [0.2, 0.25) is 10.0 Å². The quantitative estimate of drug-likeness (QED) is 0.921. The second-order valence-electron chi connectivity index (χ2n) is 5.10. The Morgan fingerprint density at radius 1 is 1.05 bits per heavy atom. The zero-order valence-electron chi connectivity index (χ0n) is 12.3. The number of rotatable bonds is 5. The van der Waals surface area contributed by atoms with Crippen LogP contribution in [0.3, 0.4) is 0 Å². The van der Waals surface area contributed by atoms with Gasteiger partial charge in [0.25, 0.3) is 0 Å². The molecule has 0 bridgehead atoms. The number of nitrogens with two attached hydrogens (primary N) is 1. The molecule has 0 heterocycles. The van der Waals surface area contributed by atoms with E-state index in [1.807, 2.05) is 37.3 Å². The van der Waals surface area contributed by atoms with E-state index in [1.165, 1.54) is 4.31 Å². The normalized spacial score (nSPS) is 11.8. The number of aryl methyl sites for hydroxylation is 1. The molecule has 0 aliphatic rings. The summed E-state index contributed by atoms with van der Waals surface area (Å²) in [4.78, 5) is 0.323. The van der Waals surface area contributed by atoms with E-state index in [9.17, 15) is 8.42 Å². The Morgan fingerprint density at radius 3 is 2.24 bits per heavy atom. The smallest absolute Gasteiger partial charge is 0.243 e. The van der Waals surface area contributed by atoms with Gasteiger partial charge in [-0.15, -0.1) is 0 Å². The van der Waals surface area contributed by atoms with Crippen molar-refractivity contribution in [2.75, 3.05) is 7.05 Å². The Hall–Kier alpha value is -1.69. The third-order valence-corrected chi connectivity index (χ3v) is 5.16. The van der Waals surface area contributed by atoms with Crippen LogP contribution in [-0.2, 0) is 23.1 Å². The first-order valence-corrected chi connectivity index (χ1v) is 8.18. The summed E-state index contributed by atoms with van der Waals surface area (Å²) in [5, 5.41) is 0. The molecule has 112 valence electrons. The standard InChI is InChI=1S/C16H20N2O2S/c1-13-4-3-5-16(10-13)21(19,20)18(2)12-15-8-6-14(11-17)7-9-15/h3-10H,11-12,17H2,1-2H3. The molecule has 0 saturated heterocycles. The van der Waals surface area contributed by atoms with E-state index in [0.717, 1.165) is 16.7 Å². The molecule has 4 nitrogen and oxygen atoms in total. The van der Waals surface area contributed by atoms with E-state index in [0.29, 0.717) is 18.0 Å². The van der Waals surface area contributed by atoms with Crippen molar-refractivity contribution in [3.63, 3.8) is 0 Å². The summed E-state index contributed by atoms with van der Waals surface area (Å²) >= 11 is 0. The van der Waals surface area contributed by atoms with Crippen LogP contribution in [0.2, 0.25) is 0 Å². The van der Waals surface area contributed by atoms with Gasteiger partial charge in [-0.3, -0.25) is 0 Å². The Balaban J connectivity index is 2.20. The lowest BCUT2D eigenvalue weighted by atomic mass is 10.1. The maximum atomic E-state index is 12.5. The molecule has 0 spiro atoms. The van der Waals surface area contributed by atoms with Gasteiger partial charge in [0, 0.05) is 20.1 Å². The zero-order chi connectivity index (χ0) is 15.5. The Bertz CT molecular complexity index is 709. The fourth-order valence-electron chi connectivity index (χ4n) is 2.08. The molecule has 0 aliphatic heterocycles. The molecule has 0 radical (unpaired) electrons. The number of nitrogens with zero attached hydrogens (tertiary/aromatic N) is 1. The van der Waals surface area contributed by atoms with Gasteiger partial charge >= 0.3 is 0 Å². The third-order valence-electron chi connectivity index (χ3n) is 3.36. The van der Waals surface area contributed by atoms with Crippen LogP contribution in [0.4, 0.5) is 0 Å². The molecule has 0 aromatic heterocycles. The fraction of sp³-hybridized carbons (Fsp3) is 0.250. The number of hydrogen-bond donors (Lipinski definition) is 1. The van der Waals surface area contributed by atoms with Gasteiger partial charge in [-0.1, -0.05) is 36.4 Å². The summed E-state index contributed by atoms with van der Waals surface area (Å²) in [7, 11) is -1.87. The average Bonchev–Trinajstić information content (AvgIpc) is 2.48. The summed E-state index contributed by atoms with van der Waals surface area (Å²) in [6, 6.07) is 14.6. The predicted molar refractivity (Wildman–Crippen MR) is 84.2 cm³/mol. The highest BCUT2D eigenvalue weighted by Crippen LogP contribution is 2.18. The molecule has 0 atom stereocenters. The second-order valence-corrected chi connectivity index (χ2v) is 7.14. The molecule has 0 saturated carbocycles. The average molecular weight is 304 g/mol. The predicted octanol–water partition coefficient (Wildman–Crippen LogP) is 2.27. The summed E-state index contributed by atoms with van der Waals surface area (Å²) < 4.78 is 26.4. The van der Waals surface area contributed by atoms with E-state index in [2.05, 4.69) is 0 Å². The largest absolute Gasteiger partial charge is 0.326 e. The van der Waals surface area contributed by atoms with Crippen LogP contribution >= 0.6 is 0 Å². The van der Waals surface area contributed by atoms with Crippen LogP contribution in [0.1, 0.15) is 16.7 Å². The minimum Gasteiger partial charge on any atom is -0.326 e. The van der Waals surface area contributed by atoms with Crippen LogP contribution < -0.4 is 5.73 Å². The lowest BCUT2D eigenvalue weighted by Crippen LogP contribution is -2.26. The Kier molecular flexibility index (Phi) is 4.77. The molecule has 2 aromatic carbocycles. The number of sulfonamides is 1. The lowest BCUT2D eigenvalue weighted by molar-refractivity contribution is 0.466. The molecule has 0 amide bonds. The number of benzene rings is 2. The highest BCUT2D eigenvalue weighted by atomic mass is 32.2. The van der Waals surface area contributed by atoms with E-state index in [4.69, 9.17) is 5.73 Å². The summed E-state index contributed by atoms with van der Waals surface area (Å²) in [6.07, 6.45) is 0. The zero-order valence-corrected chi connectivity index (χ0v) is 13.1. The first-order chi connectivity index (χ1) is 9.93. The molecule has 2 rings (SSSR count). The molecule has 21 heavy (non-hydrogen) atoms. The van der Waals surface area contributed by atoms with E-state index in [-0.39, 0.29) is 0 Å². The van der Waals surface area contributed by atoms with Gasteiger partial charge in [-0.2, -0.15) is 4.31 Å². The summed E-state index contributed by atoms with van der Waals surface area (Å²) in [5.74, 6) is 0. The SMILES string of the molecule is Cc1cccc(S(=O)(=O)N(C)Cc2ccc(CN)cc2)c1. The third kappa shape index (κ3) is 3.69. The highest BCUT2D eigenvalue weighted by Gasteiger charge is 2.20. The van der Waals surface area contributed by atoms with Crippen LogP contribution in [0.25, 0.3) is 0 Å². The molecule has 0 fully saturated rings. The van der Waals surface area contributed by atoms with Crippen molar-refractivity contribution in [2.45, 2.75) is 24.9 Å². The van der Waals surface area contributed by atoms with Gasteiger partial charge in [0.1, 0.15) is 0 Å². The topological polar surface area (TPSA) is 63.4 Å². The van der Waals surface area contributed by atoms with Crippen LogP contribution in [-0.4, -0.2) is 19.8 Å². The van der Waals surface area contributed by atoms with Gasteiger partial charge in [-0.05, 0) is 35.7 Å². The van der Waals surface area contributed by atoms with E-state index >= 15 is 0 Å². The van der Waals surface area contributed by atoms with Crippen molar-refractivity contribution >= 4 is 10.0 Å². The van der Waals surface area contributed by atoms with E-state index in [1.54, 1.807) is 25.2 Å². The van der Waals surface area contributed by atoms with Crippen molar-refractivity contribution in [2.24, 2.45) is 5.73 Å². The Labute approximate surface area is 126 Å². The minimum absolute atomic E-state index is 0.323.